The Hall–Kier alpha value is -3.00. The molecule has 8 heteroatoms. The lowest BCUT2D eigenvalue weighted by molar-refractivity contribution is 0.262. The SMILES string of the molecule is CNc1nccc(-c2sc(NC(=O)Nc3ccccc3)nc2C)n1. The van der Waals surface area contributed by atoms with E-state index in [1.165, 1.54) is 11.3 Å². The summed E-state index contributed by atoms with van der Waals surface area (Å²) in [5.41, 5.74) is 2.29. The second-order valence-corrected chi connectivity index (χ2v) is 5.89. The fourth-order valence-electron chi connectivity index (χ4n) is 2.07. The van der Waals surface area contributed by atoms with Gasteiger partial charge in [-0.05, 0) is 25.1 Å². The number of carbonyl (C=O) groups excluding carboxylic acids is 1. The van der Waals surface area contributed by atoms with E-state index in [1.807, 2.05) is 43.3 Å². The molecule has 0 atom stereocenters. The van der Waals surface area contributed by atoms with Crippen molar-refractivity contribution in [2.24, 2.45) is 0 Å². The van der Waals surface area contributed by atoms with Crippen molar-refractivity contribution in [2.45, 2.75) is 6.92 Å². The van der Waals surface area contributed by atoms with Crippen molar-refractivity contribution in [3.8, 4) is 10.6 Å². The van der Waals surface area contributed by atoms with E-state index in [0.29, 0.717) is 11.1 Å². The quantitative estimate of drug-likeness (QED) is 0.675. The Morgan fingerprint density at radius 2 is 1.88 bits per heavy atom. The minimum atomic E-state index is -0.333. The first-order valence-electron chi connectivity index (χ1n) is 7.27. The molecule has 0 unspecified atom stereocenters. The Bertz CT molecular complexity index is 849. The predicted molar refractivity (Wildman–Crippen MR) is 96.5 cm³/mol. The number of rotatable bonds is 4. The van der Waals surface area contributed by atoms with Crippen molar-refractivity contribution in [2.75, 3.05) is 23.0 Å². The maximum absolute atomic E-state index is 12.0. The van der Waals surface area contributed by atoms with E-state index in [0.717, 1.165) is 22.0 Å². The van der Waals surface area contributed by atoms with Crippen molar-refractivity contribution < 1.29 is 4.79 Å². The summed E-state index contributed by atoms with van der Waals surface area (Å²) in [6.45, 7) is 1.88. The van der Waals surface area contributed by atoms with Gasteiger partial charge in [0.05, 0.1) is 16.3 Å². The molecule has 2 heterocycles. The van der Waals surface area contributed by atoms with E-state index in [1.54, 1.807) is 13.2 Å². The van der Waals surface area contributed by atoms with Gasteiger partial charge in [-0.25, -0.2) is 19.7 Å². The average Bonchev–Trinajstić information content (AvgIpc) is 2.96. The molecule has 3 N–H and O–H groups in total. The first kappa shape index (κ1) is 15.9. The Morgan fingerprint density at radius 3 is 2.62 bits per heavy atom. The molecule has 7 nitrogen and oxygen atoms in total. The summed E-state index contributed by atoms with van der Waals surface area (Å²) in [4.78, 5) is 25.8. The summed E-state index contributed by atoms with van der Waals surface area (Å²) in [6.07, 6.45) is 1.68. The maximum atomic E-state index is 12.0. The standard InChI is InChI=1S/C16H16N6OS/c1-10-13(12-8-9-18-14(17-2)21-12)24-16(19-10)22-15(23)20-11-6-4-3-5-7-11/h3-9H,1-2H3,(H,17,18,21)(H2,19,20,22,23). The van der Waals surface area contributed by atoms with E-state index in [4.69, 9.17) is 0 Å². The van der Waals surface area contributed by atoms with E-state index < -0.39 is 0 Å². The van der Waals surface area contributed by atoms with Crippen LogP contribution in [-0.2, 0) is 0 Å². The van der Waals surface area contributed by atoms with Crippen LogP contribution in [0.2, 0.25) is 0 Å². The van der Waals surface area contributed by atoms with Crippen LogP contribution in [0.5, 0.6) is 0 Å². The summed E-state index contributed by atoms with van der Waals surface area (Å²) in [5, 5.41) is 8.93. The van der Waals surface area contributed by atoms with Crippen LogP contribution in [-0.4, -0.2) is 28.0 Å². The number of anilines is 3. The Balaban J connectivity index is 1.75. The molecule has 1 aromatic carbocycles. The number of amides is 2. The summed E-state index contributed by atoms with van der Waals surface area (Å²) in [7, 11) is 1.76. The third-order valence-corrected chi connectivity index (χ3v) is 4.26. The third kappa shape index (κ3) is 3.66. The van der Waals surface area contributed by atoms with Crippen LogP contribution in [0.1, 0.15) is 5.69 Å². The van der Waals surface area contributed by atoms with Crippen molar-refractivity contribution in [3.63, 3.8) is 0 Å². The first-order chi connectivity index (χ1) is 11.7. The number of urea groups is 1. The number of para-hydroxylation sites is 1. The van der Waals surface area contributed by atoms with Gasteiger partial charge < -0.3 is 10.6 Å². The van der Waals surface area contributed by atoms with E-state index in [-0.39, 0.29) is 6.03 Å². The number of benzene rings is 1. The molecule has 2 aromatic heterocycles. The molecule has 0 saturated carbocycles. The summed E-state index contributed by atoms with van der Waals surface area (Å²) >= 11 is 1.37. The molecule has 24 heavy (non-hydrogen) atoms. The maximum Gasteiger partial charge on any atom is 0.325 e. The second kappa shape index (κ2) is 7.05. The molecule has 122 valence electrons. The topological polar surface area (TPSA) is 91.8 Å². The lowest BCUT2D eigenvalue weighted by atomic mass is 10.3. The summed E-state index contributed by atoms with van der Waals surface area (Å²) in [5.74, 6) is 0.539. The number of hydrogen-bond donors (Lipinski definition) is 3. The Morgan fingerprint density at radius 1 is 1.08 bits per heavy atom. The van der Waals surface area contributed by atoms with E-state index in [2.05, 4.69) is 30.9 Å². The largest absolute Gasteiger partial charge is 0.357 e. The summed E-state index contributed by atoms with van der Waals surface area (Å²) < 4.78 is 0. The van der Waals surface area contributed by atoms with Gasteiger partial charge in [0.15, 0.2) is 5.13 Å². The fraction of sp³-hybridized carbons (Fsp3) is 0.125. The number of aryl methyl sites for hydroxylation is 1. The van der Waals surface area contributed by atoms with Gasteiger partial charge >= 0.3 is 6.03 Å². The molecule has 2 amide bonds. The fourth-order valence-corrected chi connectivity index (χ4v) is 3.01. The van der Waals surface area contributed by atoms with Crippen LogP contribution in [0, 0.1) is 6.92 Å². The van der Waals surface area contributed by atoms with Gasteiger partial charge in [0.25, 0.3) is 0 Å². The molecule has 0 aliphatic carbocycles. The van der Waals surface area contributed by atoms with Crippen LogP contribution in [0.25, 0.3) is 10.6 Å². The highest BCUT2D eigenvalue weighted by Gasteiger charge is 2.13. The molecular formula is C16H16N6OS. The molecular weight excluding hydrogens is 324 g/mol. The van der Waals surface area contributed by atoms with Crippen LogP contribution < -0.4 is 16.0 Å². The third-order valence-electron chi connectivity index (χ3n) is 3.16. The summed E-state index contributed by atoms with van der Waals surface area (Å²) in [6, 6.07) is 10.7. The lowest BCUT2D eigenvalue weighted by Crippen LogP contribution is -2.19. The van der Waals surface area contributed by atoms with Gasteiger partial charge in [0, 0.05) is 18.9 Å². The Kier molecular flexibility index (Phi) is 4.66. The zero-order valence-corrected chi connectivity index (χ0v) is 14.0. The van der Waals surface area contributed by atoms with Gasteiger partial charge in [-0.3, -0.25) is 5.32 Å². The van der Waals surface area contributed by atoms with Gasteiger partial charge in [-0.15, -0.1) is 0 Å². The van der Waals surface area contributed by atoms with Crippen molar-refractivity contribution in [3.05, 3.63) is 48.3 Å². The smallest absolute Gasteiger partial charge is 0.325 e. The molecule has 3 rings (SSSR count). The number of nitrogens with zero attached hydrogens (tertiary/aromatic N) is 3. The highest BCUT2D eigenvalue weighted by molar-refractivity contribution is 7.19. The van der Waals surface area contributed by atoms with Gasteiger partial charge in [0.1, 0.15) is 0 Å². The van der Waals surface area contributed by atoms with E-state index in [9.17, 15) is 4.79 Å². The number of thiazole rings is 1. The van der Waals surface area contributed by atoms with Crippen molar-refractivity contribution in [1.29, 1.82) is 0 Å². The second-order valence-electron chi connectivity index (χ2n) is 4.89. The van der Waals surface area contributed by atoms with Gasteiger partial charge in [0.2, 0.25) is 5.95 Å². The van der Waals surface area contributed by atoms with Crippen LogP contribution in [0.4, 0.5) is 21.6 Å². The highest BCUT2D eigenvalue weighted by atomic mass is 32.1. The average molecular weight is 340 g/mol. The molecule has 0 saturated heterocycles. The molecule has 0 fully saturated rings. The predicted octanol–water partition coefficient (Wildman–Crippen LogP) is 3.59. The normalized spacial score (nSPS) is 10.2. The van der Waals surface area contributed by atoms with Crippen molar-refractivity contribution in [1.82, 2.24) is 15.0 Å². The molecule has 3 aromatic rings. The van der Waals surface area contributed by atoms with Crippen LogP contribution >= 0.6 is 11.3 Å². The van der Waals surface area contributed by atoms with Crippen LogP contribution in [0.3, 0.4) is 0 Å². The zero-order valence-electron chi connectivity index (χ0n) is 13.2. The molecule has 0 spiro atoms. The lowest BCUT2D eigenvalue weighted by Gasteiger charge is -2.04. The highest BCUT2D eigenvalue weighted by Crippen LogP contribution is 2.31. The molecule has 0 aliphatic heterocycles. The van der Waals surface area contributed by atoms with E-state index >= 15 is 0 Å². The first-order valence-corrected chi connectivity index (χ1v) is 8.09. The van der Waals surface area contributed by atoms with Gasteiger partial charge in [-0.1, -0.05) is 29.5 Å². The van der Waals surface area contributed by atoms with Crippen molar-refractivity contribution >= 4 is 34.1 Å². The monoisotopic (exact) mass is 340 g/mol. The van der Waals surface area contributed by atoms with Crippen LogP contribution in [0.15, 0.2) is 42.6 Å². The number of hydrogen-bond acceptors (Lipinski definition) is 6. The van der Waals surface area contributed by atoms with Gasteiger partial charge in [-0.2, -0.15) is 0 Å². The number of nitrogens with one attached hydrogen (secondary N) is 3. The Labute approximate surface area is 143 Å². The number of aromatic nitrogens is 3. The minimum Gasteiger partial charge on any atom is -0.357 e. The molecule has 0 radical (unpaired) electrons. The minimum absolute atomic E-state index is 0.333. The number of carbonyl (C=O) groups is 1. The zero-order chi connectivity index (χ0) is 16.9. The molecule has 0 bridgehead atoms. The molecule has 0 aliphatic rings.